The maximum Gasteiger partial charge on any atom is 0.303 e. The van der Waals surface area contributed by atoms with Crippen LogP contribution in [0.1, 0.15) is 74.6 Å². The maximum absolute atomic E-state index is 11.8. The fraction of sp³-hybridized carbons (Fsp3) is 0.526. The number of hydrazine groups is 1. The van der Waals surface area contributed by atoms with Crippen molar-refractivity contribution in [1.29, 1.82) is 0 Å². The Kier molecular flexibility index (Phi) is 10.5. The van der Waals surface area contributed by atoms with E-state index >= 15 is 0 Å². The molecule has 1 aromatic rings. The molecule has 0 aliphatic carbocycles. The Morgan fingerprint density at radius 2 is 1.31 bits per heavy atom. The van der Waals surface area contributed by atoms with Crippen molar-refractivity contribution >= 4 is 17.8 Å². The van der Waals surface area contributed by atoms with Crippen LogP contribution >= 0.6 is 0 Å². The number of carbonyl (C=O) groups excluding carboxylic acids is 2. The second kappa shape index (κ2) is 12.7. The molecular weight excluding hydrogens is 336 g/mol. The van der Waals surface area contributed by atoms with Crippen molar-refractivity contribution in [3.05, 3.63) is 29.8 Å². The topological polar surface area (TPSA) is 116 Å². The number of unbranched alkanes of at least 4 members (excludes halogenated alkanes) is 7. The summed E-state index contributed by atoms with van der Waals surface area (Å²) in [5.41, 5.74) is 4.74. The fourth-order valence-corrected chi connectivity index (χ4v) is 2.54. The number of carboxylic acids is 1. The van der Waals surface area contributed by atoms with E-state index in [0.717, 1.165) is 51.4 Å². The highest BCUT2D eigenvalue weighted by Gasteiger charge is 2.10. The minimum atomic E-state index is -0.736. The minimum Gasteiger partial charge on any atom is -0.507 e. The van der Waals surface area contributed by atoms with Gasteiger partial charge in [0, 0.05) is 12.8 Å². The highest BCUT2D eigenvalue weighted by Crippen LogP contribution is 2.14. The summed E-state index contributed by atoms with van der Waals surface area (Å²) in [6.45, 7) is 0. The van der Waals surface area contributed by atoms with E-state index in [9.17, 15) is 19.5 Å². The number of phenolic OH excluding ortho intramolecular Hbond substituents is 1. The van der Waals surface area contributed by atoms with Crippen LogP contribution in [-0.2, 0) is 9.59 Å². The number of rotatable bonds is 12. The van der Waals surface area contributed by atoms with Crippen LogP contribution in [0, 0.1) is 0 Å². The molecular formula is C19H28N2O5. The molecule has 144 valence electrons. The summed E-state index contributed by atoms with van der Waals surface area (Å²) in [4.78, 5) is 33.9. The summed E-state index contributed by atoms with van der Waals surface area (Å²) in [5, 5.41) is 18.1. The molecule has 0 heterocycles. The zero-order valence-electron chi connectivity index (χ0n) is 15.0. The van der Waals surface area contributed by atoms with Gasteiger partial charge in [-0.2, -0.15) is 0 Å². The quantitative estimate of drug-likeness (QED) is 0.336. The number of aliphatic carboxylic acids is 1. The van der Waals surface area contributed by atoms with Gasteiger partial charge < -0.3 is 10.2 Å². The molecule has 0 fully saturated rings. The molecule has 2 amide bonds. The molecule has 0 spiro atoms. The van der Waals surface area contributed by atoms with Crippen LogP contribution in [0.5, 0.6) is 5.75 Å². The van der Waals surface area contributed by atoms with Crippen molar-refractivity contribution < 1.29 is 24.6 Å². The van der Waals surface area contributed by atoms with Crippen LogP contribution in [0.4, 0.5) is 0 Å². The summed E-state index contributed by atoms with van der Waals surface area (Å²) in [6.07, 6.45) is 8.21. The van der Waals surface area contributed by atoms with Gasteiger partial charge in [-0.3, -0.25) is 25.2 Å². The predicted octanol–water partition coefficient (Wildman–Crippen LogP) is 3.14. The van der Waals surface area contributed by atoms with Gasteiger partial charge in [-0.15, -0.1) is 0 Å². The number of benzene rings is 1. The second-order valence-electron chi connectivity index (χ2n) is 6.24. The van der Waals surface area contributed by atoms with Gasteiger partial charge in [0.05, 0.1) is 5.56 Å². The first-order chi connectivity index (χ1) is 12.5. The number of para-hydroxylation sites is 1. The van der Waals surface area contributed by atoms with Crippen molar-refractivity contribution in [2.24, 2.45) is 0 Å². The Labute approximate surface area is 153 Å². The van der Waals surface area contributed by atoms with E-state index in [0.29, 0.717) is 6.42 Å². The molecule has 0 radical (unpaired) electrons. The van der Waals surface area contributed by atoms with Crippen molar-refractivity contribution in [3.63, 3.8) is 0 Å². The number of hydrogen-bond donors (Lipinski definition) is 4. The Balaban J connectivity index is 1.99. The predicted molar refractivity (Wildman–Crippen MR) is 97.5 cm³/mol. The van der Waals surface area contributed by atoms with E-state index in [1.54, 1.807) is 12.1 Å². The number of hydrogen-bond acceptors (Lipinski definition) is 4. The van der Waals surface area contributed by atoms with Crippen molar-refractivity contribution in [1.82, 2.24) is 10.9 Å². The fourth-order valence-electron chi connectivity index (χ4n) is 2.54. The maximum atomic E-state index is 11.8. The zero-order chi connectivity index (χ0) is 19.2. The third-order valence-electron chi connectivity index (χ3n) is 4.01. The second-order valence-corrected chi connectivity index (χ2v) is 6.24. The summed E-state index contributed by atoms with van der Waals surface area (Å²) in [6, 6.07) is 6.12. The van der Waals surface area contributed by atoms with Gasteiger partial charge in [0.2, 0.25) is 5.91 Å². The van der Waals surface area contributed by atoms with Crippen LogP contribution in [0.25, 0.3) is 0 Å². The van der Waals surface area contributed by atoms with E-state index in [2.05, 4.69) is 10.9 Å². The van der Waals surface area contributed by atoms with Crippen LogP contribution < -0.4 is 10.9 Å². The highest BCUT2D eigenvalue weighted by molar-refractivity contribution is 5.97. The first kappa shape index (κ1) is 21.5. The first-order valence-corrected chi connectivity index (χ1v) is 9.09. The standard InChI is InChI=1S/C19H28N2O5/c22-16-12-10-9-11-15(16)19(26)21-20-17(23)13-7-5-3-1-2-4-6-8-14-18(24)25/h9-12,22H,1-8,13-14H2,(H,20,23)(H,21,26)(H,24,25). The molecule has 4 N–H and O–H groups in total. The average Bonchev–Trinajstić information content (AvgIpc) is 2.61. The van der Waals surface area contributed by atoms with Crippen LogP contribution in [-0.4, -0.2) is 28.0 Å². The van der Waals surface area contributed by atoms with Gasteiger partial charge in [0.15, 0.2) is 0 Å². The molecule has 0 aromatic heterocycles. The molecule has 7 nitrogen and oxygen atoms in total. The van der Waals surface area contributed by atoms with Crippen molar-refractivity contribution in [2.45, 2.75) is 64.2 Å². The molecule has 0 aliphatic heterocycles. The van der Waals surface area contributed by atoms with Gasteiger partial charge >= 0.3 is 5.97 Å². The van der Waals surface area contributed by atoms with Gasteiger partial charge in [0.1, 0.15) is 5.75 Å². The largest absolute Gasteiger partial charge is 0.507 e. The lowest BCUT2D eigenvalue weighted by Crippen LogP contribution is -2.41. The smallest absolute Gasteiger partial charge is 0.303 e. The molecule has 1 rings (SSSR count). The number of phenols is 1. The number of carbonyl (C=O) groups is 3. The van der Waals surface area contributed by atoms with E-state index in [1.165, 1.54) is 12.1 Å². The molecule has 0 atom stereocenters. The molecule has 0 unspecified atom stereocenters. The Morgan fingerprint density at radius 1 is 0.769 bits per heavy atom. The van der Waals surface area contributed by atoms with E-state index < -0.39 is 11.9 Å². The molecule has 0 bridgehead atoms. The lowest BCUT2D eigenvalue weighted by Gasteiger charge is -2.08. The Morgan fingerprint density at radius 3 is 1.88 bits per heavy atom. The summed E-state index contributed by atoms with van der Waals surface area (Å²) in [7, 11) is 0. The summed E-state index contributed by atoms with van der Waals surface area (Å²) in [5.74, 6) is -1.69. The molecule has 7 heteroatoms. The molecule has 1 aromatic carbocycles. The molecule has 0 aliphatic rings. The molecule has 0 saturated heterocycles. The number of aromatic hydroxyl groups is 1. The summed E-state index contributed by atoms with van der Waals surface area (Å²) < 4.78 is 0. The van der Waals surface area contributed by atoms with E-state index in [1.807, 2.05) is 0 Å². The Hall–Kier alpha value is -2.57. The van der Waals surface area contributed by atoms with E-state index in [-0.39, 0.29) is 23.6 Å². The highest BCUT2D eigenvalue weighted by atomic mass is 16.4. The van der Waals surface area contributed by atoms with E-state index in [4.69, 9.17) is 5.11 Å². The lowest BCUT2D eigenvalue weighted by molar-refractivity contribution is -0.137. The Bertz CT molecular complexity index is 589. The number of nitrogens with one attached hydrogen (secondary N) is 2. The van der Waals surface area contributed by atoms with Crippen molar-refractivity contribution in [3.8, 4) is 5.75 Å². The number of amides is 2. The van der Waals surface area contributed by atoms with Gasteiger partial charge in [-0.25, -0.2) is 0 Å². The third-order valence-corrected chi connectivity index (χ3v) is 4.01. The summed E-state index contributed by atoms with van der Waals surface area (Å²) >= 11 is 0. The van der Waals surface area contributed by atoms with Gasteiger partial charge in [-0.05, 0) is 25.0 Å². The average molecular weight is 364 g/mol. The van der Waals surface area contributed by atoms with Gasteiger partial charge in [-0.1, -0.05) is 50.7 Å². The lowest BCUT2D eigenvalue weighted by atomic mass is 10.1. The van der Waals surface area contributed by atoms with Crippen LogP contribution in [0.3, 0.4) is 0 Å². The van der Waals surface area contributed by atoms with Crippen LogP contribution in [0.2, 0.25) is 0 Å². The normalized spacial score (nSPS) is 10.3. The SMILES string of the molecule is O=C(O)CCCCCCCCCCC(=O)NNC(=O)c1ccccc1O. The molecule has 26 heavy (non-hydrogen) atoms. The zero-order valence-corrected chi connectivity index (χ0v) is 15.0. The molecule has 0 saturated carbocycles. The van der Waals surface area contributed by atoms with Crippen LogP contribution in [0.15, 0.2) is 24.3 Å². The minimum absolute atomic E-state index is 0.108. The monoisotopic (exact) mass is 364 g/mol. The number of carboxylic acid groups (broad SMARTS) is 1. The third kappa shape index (κ3) is 9.66. The first-order valence-electron chi connectivity index (χ1n) is 9.09. The van der Waals surface area contributed by atoms with Gasteiger partial charge in [0.25, 0.3) is 5.91 Å². The van der Waals surface area contributed by atoms with Crippen molar-refractivity contribution in [2.75, 3.05) is 0 Å².